The molecule has 1 aromatic carbocycles. The number of halogens is 1. The van der Waals surface area contributed by atoms with E-state index in [2.05, 4.69) is 34.6 Å². The minimum Gasteiger partial charge on any atom is -0.341 e. The number of aromatic nitrogens is 2. The van der Waals surface area contributed by atoms with E-state index in [1.807, 2.05) is 0 Å². The molecule has 0 spiro atoms. The van der Waals surface area contributed by atoms with Gasteiger partial charge in [0.1, 0.15) is 11.5 Å². The molecular weight excluding hydrogens is 359 g/mol. The fourth-order valence-electron chi connectivity index (χ4n) is 3.75. The quantitative estimate of drug-likeness (QED) is 0.689. The SMILES string of the molecule is CCN(C)Cc1cn(Cc2ccc(F)cc2)c2cnc3c(c12)CCN(O)C3=O. The molecule has 1 aliphatic heterocycles. The highest BCUT2D eigenvalue weighted by molar-refractivity contribution is 6.00. The number of carbonyl (C=O) groups is 1. The van der Waals surface area contributed by atoms with Crippen LogP contribution in [0.15, 0.2) is 36.7 Å². The van der Waals surface area contributed by atoms with Gasteiger partial charge in [0.15, 0.2) is 0 Å². The van der Waals surface area contributed by atoms with Crippen molar-refractivity contribution in [2.75, 3.05) is 20.1 Å². The summed E-state index contributed by atoms with van der Waals surface area (Å²) in [4.78, 5) is 18.9. The topological polar surface area (TPSA) is 61.6 Å². The van der Waals surface area contributed by atoms with Gasteiger partial charge in [0.05, 0.1) is 18.3 Å². The van der Waals surface area contributed by atoms with Crippen LogP contribution in [0.5, 0.6) is 0 Å². The molecule has 28 heavy (non-hydrogen) atoms. The van der Waals surface area contributed by atoms with Crippen molar-refractivity contribution in [3.8, 4) is 0 Å². The van der Waals surface area contributed by atoms with Crippen LogP contribution in [0.25, 0.3) is 10.9 Å². The summed E-state index contributed by atoms with van der Waals surface area (Å²) in [6.07, 6.45) is 4.35. The number of fused-ring (bicyclic) bond motifs is 3. The van der Waals surface area contributed by atoms with Gasteiger partial charge in [0, 0.05) is 24.7 Å². The third kappa shape index (κ3) is 3.27. The van der Waals surface area contributed by atoms with Crippen LogP contribution in [0.4, 0.5) is 4.39 Å². The summed E-state index contributed by atoms with van der Waals surface area (Å²) >= 11 is 0. The first-order chi connectivity index (χ1) is 13.5. The summed E-state index contributed by atoms with van der Waals surface area (Å²) in [5.41, 5.74) is 4.27. The molecule has 0 aliphatic carbocycles. The Morgan fingerprint density at radius 1 is 1.29 bits per heavy atom. The van der Waals surface area contributed by atoms with Gasteiger partial charge >= 0.3 is 0 Å². The number of hydrogen-bond donors (Lipinski definition) is 1. The van der Waals surface area contributed by atoms with Crippen molar-refractivity contribution < 1.29 is 14.4 Å². The van der Waals surface area contributed by atoms with Gasteiger partial charge in [-0.05, 0) is 48.8 Å². The molecule has 1 aliphatic rings. The summed E-state index contributed by atoms with van der Waals surface area (Å²) in [6.45, 7) is 4.60. The standard InChI is InChI=1S/C21H23FN4O2/c1-3-24(2)12-15-13-25(11-14-4-6-16(22)7-5-14)18-10-23-20-17(19(15)18)8-9-26(28)21(20)27/h4-7,10,13,28H,3,8-9,11-12H2,1-2H3. The molecule has 7 heteroatoms. The molecule has 1 amide bonds. The fourth-order valence-corrected chi connectivity index (χ4v) is 3.75. The van der Waals surface area contributed by atoms with Gasteiger partial charge < -0.3 is 9.47 Å². The molecule has 6 nitrogen and oxygen atoms in total. The molecular formula is C21H23FN4O2. The second kappa shape index (κ2) is 7.33. The Bertz CT molecular complexity index is 1030. The molecule has 3 heterocycles. The Hall–Kier alpha value is -2.77. The van der Waals surface area contributed by atoms with Crippen LogP contribution in [0.1, 0.15) is 34.1 Å². The largest absolute Gasteiger partial charge is 0.341 e. The van der Waals surface area contributed by atoms with E-state index in [-0.39, 0.29) is 12.4 Å². The van der Waals surface area contributed by atoms with Crippen LogP contribution in [-0.4, -0.2) is 50.8 Å². The molecule has 2 aromatic heterocycles. The van der Waals surface area contributed by atoms with Crippen LogP contribution >= 0.6 is 0 Å². The van der Waals surface area contributed by atoms with E-state index < -0.39 is 5.91 Å². The van der Waals surface area contributed by atoms with Crippen LogP contribution in [-0.2, 0) is 19.5 Å². The van der Waals surface area contributed by atoms with Crippen molar-refractivity contribution in [2.24, 2.45) is 0 Å². The van der Waals surface area contributed by atoms with Gasteiger partial charge in [0.2, 0.25) is 0 Å². The van der Waals surface area contributed by atoms with Gasteiger partial charge in [-0.2, -0.15) is 0 Å². The van der Waals surface area contributed by atoms with E-state index in [4.69, 9.17) is 0 Å². The number of pyridine rings is 1. The molecule has 0 bridgehead atoms. The van der Waals surface area contributed by atoms with E-state index in [1.54, 1.807) is 18.3 Å². The maximum Gasteiger partial charge on any atom is 0.296 e. The minimum atomic E-state index is -0.454. The van der Waals surface area contributed by atoms with Crippen LogP contribution in [0.3, 0.4) is 0 Å². The first-order valence-corrected chi connectivity index (χ1v) is 9.41. The average molecular weight is 382 g/mol. The van der Waals surface area contributed by atoms with Crippen molar-refractivity contribution >= 4 is 16.8 Å². The second-order valence-electron chi connectivity index (χ2n) is 7.26. The molecule has 4 rings (SSSR count). The van der Waals surface area contributed by atoms with Crippen LogP contribution in [0.2, 0.25) is 0 Å². The number of hydrogen-bond acceptors (Lipinski definition) is 4. The predicted molar refractivity (Wildman–Crippen MR) is 104 cm³/mol. The lowest BCUT2D eigenvalue weighted by Crippen LogP contribution is -2.35. The van der Waals surface area contributed by atoms with Crippen molar-refractivity contribution in [1.29, 1.82) is 0 Å². The summed E-state index contributed by atoms with van der Waals surface area (Å²) in [6, 6.07) is 6.47. The Balaban J connectivity index is 1.84. The third-order valence-corrected chi connectivity index (χ3v) is 5.36. The van der Waals surface area contributed by atoms with Gasteiger partial charge in [-0.25, -0.2) is 14.4 Å². The molecule has 3 aromatic rings. The van der Waals surface area contributed by atoms with E-state index in [1.165, 1.54) is 12.1 Å². The van der Waals surface area contributed by atoms with Crippen LogP contribution < -0.4 is 0 Å². The zero-order chi connectivity index (χ0) is 19.8. The number of amides is 1. The maximum absolute atomic E-state index is 13.2. The molecule has 0 saturated carbocycles. The highest BCUT2D eigenvalue weighted by Crippen LogP contribution is 2.31. The number of hydroxylamine groups is 2. The minimum absolute atomic E-state index is 0.255. The lowest BCUT2D eigenvalue weighted by molar-refractivity contribution is -0.0606. The Morgan fingerprint density at radius 2 is 2.04 bits per heavy atom. The van der Waals surface area contributed by atoms with E-state index in [9.17, 15) is 14.4 Å². The number of carbonyl (C=O) groups excluding carboxylic acids is 1. The zero-order valence-electron chi connectivity index (χ0n) is 16.0. The monoisotopic (exact) mass is 382 g/mol. The molecule has 1 N–H and O–H groups in total. The van der Waals surface area contributed by atoms with Gasteiger partial charge in [-0.15, -0.1) is 0 Å². The van der Waals surface area contributed by atoms with E-state index in [0.717, 1.165) is 45.7 Å². The maximum atomic E-state index is 13.2. The molecule has 0 atom stereocenters. The molecule has 0 saturated heterocycles. The van der Waals surface area contributed by atoms with Crippen molar-refractivity contribution in [3.05, 3.63) is 64.9 Å². The lowest BCUT2D eigenvalue weighted by atomic mass is 9.99. The lowest BCUT2D eigenvalue weighted by Gasteiger charge is -2.23. The smallest absolute Gasteiger partial charge is 0.296 e. The Morgan fingerprint density at radius 3 is 2.75 bits per heavy atom. The second-order valence-corrected chi connectivity index (χ2v) is 7.26. The number of rotatable bonds is 5. The normalized spacial score (nSPS) is 14.2. The first-order valence-electron chi connectivity index (χ1n) is 9.41. The van der Waals surface area contributed by atoms with E-state index in [0.29, 0.717) is 18.7 Å². The fraction of sp³-hybridized carbons (Fsp3) is 0.333. The molecule has 0 fully saturated rings. The van der Waals surface area contributed by atoms with Crippen molar-refractivity contribution in [2.45, 2.75) is 26.4 Å². The van der Waals surface area contributed by atoms with Gasteiger partial charge in [-0.1, -0.05) is 19.1 Å². The zero-order valence-corrected chi connectivity index (χ0v) is 16.0. The highest BCUT2D eigenvalue weighted by atomic mass is 19.1. The summed E-state index contributed by atoms with van der Waals surface area (Å²) in [5.74, 6) is -0.710. The highest BCUT2D eigenvalue weighted by Gasteiger charge is 2.28. The van der Waals surface area contributed by atoms with Gasteiger partial charge in [-0.3, -0.25) is 10.0 Å². The Labute approximate surface area is 162 Å². The number of nitrogens with zero attached hydrogens (tertiary/aromatic N) is 4. The average Bonchev–Trinajstić information content (AvgIpc) is 3.03. The molecule has 0 radical (unpaired) electrons. The molecule has 0 unspecified atom stereocenters. The third-order valence-electron chi connectivity index (χ3n) is 5.36. The summed E-state index contributed by atoms with van der Waals surface area (Å²) in [5, 5.41) is 11.5. The van der Waals surface area contributed by atoms with Crippen molar-refractivity contribution in [3.63, 3.8) is 0 Å². The predicted octanol–water partition coefficient (Wildman–Crippen LogP) is 3.06. The van der Waals surface area contributed by atoms with Gasteiger partial charge in [0.25, 0.3) is 5.91 Å². The van der Waals surface area contributed by atoms with E-state index >= 15 is 0 Å². The first kappa shape index (κ1) is 18.6. The molecule has 146 valence electrons. The summed E-state index contributed by atoms with van der Waals surface area (Å²) in [7, 11) is 2.05. The Kier molecular flexibility index (Phi) is 4.87. The summed E-state index contributed by atoms with van der Waals surface area (Å²) < 4.78 is 15.3. The van der Waals surface area contributed by atoms with Crippen LogP contribution in [0, 0.1) is 5.82 Å². The van der Waals surface area contributed by atoms with Crippen molar-refractivity contribution in [1.82, 2.24) is 19.5 Å². The number of benzene rings is 1.